The van der Waals surface area contributed by atoms with Gasteiger partial charge in [-0.15, -0.1) is 0 Å². The highest BCUT2D eigenvalue weighted by atomic mass is 16.6. The van der Waals surface area contributed by atoms with E-state index in [9.17, 15) is 9.59 Å². The van der Waals surface area contributed by atoms with Gasteiger partial charge < -0.3 is 9.47 Å². The molecule has 0 bridgehead atoms. The summed E-state index contributed by atoms with van der Waals surface area (Å²) in [7, 11) is 0. The van der Waals surface area contributed by atoms with Gasteiger partial charge in [0, 0.05) is 22.3 Å². The van der Waals surface area contributed by atoms with E-state index in [-0.39, 0.29) is 22.6 Å². The molecule has 0 saturated heterocycles. The van der Waals surface area contributed by atoms with Crippen molar-refractivity contribution in [3.05, 3.63) is 120 Å². The van der Waals surface area contributed by atoms with E-state index in [1.165, 1.54) is 0 Å². The predicted octanol–water partition coefficient (Wildman–Crippen LogP) is 7.55. The summed E-state index contributed by atoms with van der Waals surface area (Å²) in [6.45, 7) is 10.7. The van der Waals surface area contributed by atoms with Crippen molar-refractivity contribution >= 4 is 11.9 Å². The van der Waals surface area contributed by atoms with Gasteiger partial charge in [0.2, 0.25) is 0 Å². The van der Waals surface area contributed by atoms with Gasteiger partial charge in [0.15, 0.2) is 11.5 Å². The lowest BCUT2D eigenvalue weighted by Gasteiger charge is -2.23. The summed E-state index contributed by atoms with van der Waals surface area (Å²) in [5.74, 6) is -0.801. The lowest BCUT2D eigenvalue weighted by molar-refractivity contribution is -0.132. The first kappa shape index (κ1) is 24.0. The maximum Gasteiger partial charge on any atom is 0.338 e. The van der Waals surface area contributed by atoms with Crippen LogP contribution in [0.2, 0.25) is 0 Å². The normalized spacial score (nSPS) is 11.3. The topological polar surface area (TPSA) is 52.6 Å². The van der Waals surface area contributed by atoms with E-state index in [2.05, 4.69) is 19.2 Å². The minimum Gasteiger partial charge on any atom is -0.418 e. The van der Waals surface area contributed by atoms with Crippen molar-refractivity contribution in [2.75, 3.05) is 0 Å². The van der Waals surface area contributed by atoms with Crippen LogP contribution in [-0.2, 0) is 16.0 Å². The zero-order chi connectivity index (χ0) is 26.1. The largest absolute Gasteiger partial charge is 0.418 e. The van der Waals surface area contributed by atoms with Crippen LogP contribution in [0, 0.1) is 0 Å². The fraction of sp³-hybridized carbons (Fsp3) is 0.0909. The summed E-state index contributed by atoms with van der Waals surface area (Å²) in [6, 6.07) is 27.7. The molecule has 0 aromatic heterocycles. The van der Waals surface area contributed by atoms with Crippen LogP contribution in [0.5, 0.6) is 11.5 Å². The van der Waals surface area contributed by atoms with Crippen LogP contribution < -0.4 is 9.47 Å². The first-order valence-electron chi connectivity index (χ1n) is 12.0. The SMILES string of the molecule is C=C(C)C(=O)Oc1c(OC(=O)C(=C)C)c(-c2ccccc2)c(-c2ccccc2)c2c1-c1ccccc1C2. The van der Waals surface area contributed by atoms with Gasteiger partial charge in [-0.1, -0.05) is 98.1 Å². The molecule has 0 amide bonds. The van der Waals surface area contributed by atoms with E-state index in [1.807, 2.05) is 78.9 Å². The molecule has 0 unspecified atom stereocenters. The fourth-order valence-corrected chi connectivity index (χ4v) is 4.68. The molecule has 5 rings (SSSR count). The lowest BCUT2D eigenvalue weighted by atomic mass is 9.86. The predicted molar refractivity (Wildman–Crippen MR) is 146 cm³/mol. The monoisotopic (exact) mass is 486 g/mol. The van der Waals surface area contributed by atoms with Crippen molar-refractivity contribution in [2.24, 2.45) is 0 Å². The molecule has 0 heterocycles. The Hall–Kier alpha value is -4.70. The van der Waals surface area contributed by atoms with Crippen molar-refractivity contribution in [1.29, 1.82) is 0 Å². The van der Waals surface area contributed by atoms with Crippen LogP contribution in [0.3, 0.4) is 0 Å². The molecule has 4 nitrogen and oxygen atoms in total. The van der Waals surface area contributed by atoms with Crippen molar-refractivity contribution < 1.29 is 19.1 Å². The van der Waals surface area contributed by atoms with E-state index >= 15 is 0 Å². The maximum atomic E-state index is 13.0. The molecule has 37 heavy (non-hydrogen) atoms. The second-order valence-electron chi connectivity index (χ2n) is 9.17. The van der Waals surface area contributed by atoms with Crippen molar-refractivity contribution in [2.45, 2.75) is 20.3 Å². The number of hydrogen-bond donors (Lipinski definition) is 0. The van der Waals surface area contributed by atoms with Gasteiger partial charge in [-0.2, -0.15) is 0 Å². The molecule has 0 N–H and O–H groups in total. The number of esters is 2. The molecule has 0 spiro atoms. The number of carbonyl (C=O) groups is 2. The molecule has 182 valence electrons. The summed E-state index contributed by atoms with van der Waals surface area (Å²) in [6.07, 6.45) is 0.641. The Morgan fingerprint density at radius 2 is 1.08 bits per heavy atom. The third-order valence-corrected chi connectivity index (χ3v) is 6.38. The molecule has 4 aromatic rings. The van der Waals surface area contributed by atoms with Crippen LogP contribution in [0.15, 0.2) is 109 Å². The van der Waals surface area contributed by atoms with E-state index < -0.39 is 11.9 Å². The average molecular weight is 487 g/mol. The molecular formula is C33H26O4. The number of hydrogen-bond acceptors (Lipinski definition) is 4. The number of ether oxygens (including phenoxy) is 2. The highest BCUT2D eigenvalue weighted by molar-refractivity contribution is 6.04. The lowest BCUT2D eigenvalue weighted by Crippen LogP contribution is -2.15. The number of benzene rings is 4. The van der Waals surface area contributed by atoms with E-state index in [0.717, 1.165) is 38.9 Å². The second-order valence-corrected chi connectivity index (χ2v) is 9.17. The molecule has 1 aliphatic carbocycles. The van der Waals surface area contributed by atoms with Crippen LogP contribution in [0.1, 0.15) is 25.0 Å². The van der Waals surface area contributed by atoms with E-state index in [1.54, 1.807) is 13.8 Å². The van der Waals surface area contributed by atoms with E-state index in [4.69, 9.17) is 9.47 Å². The Bertz CT molecular complexity index is 1560. The highest BCUT2D eigenvalue weighted by Crippen LogP contribution is 2.56. The van der Waals surface area contributed by atoms with Crippen molar-refractivity contribution in [3.63, 3.8) is 0 Å². The smallest absolute Gasteiger partial charge is 0.338 e. The summed E-state index contributed by atoms with van der Waals surface area (Å²) in [5, 5.41) is 0. The van der Waals surface area contributed by atoms with Gasteiger partial charge in [-0.3, -0.25) is 0 Å². The zero-order valence-electron chi connectivity index (χ0n) is 20.8. The zero-order valence-corrected chi connectivity index (χ0v) is 20.8. The minimum absolute atomic E-state index is 0.183. The van der Waals surface area contributed by atoms with Gasteiger partial charge in [0.1, 0.15) is 0 Å². The molecule has 4 aromatic carbocycles. The van der Waals surface area contributed by atoms with Crippen LogP contribution in [0.25, 0.3) is 33.4 Å². The Morgan fingerprint density at radius 1 is 0.622 bits per heavy atom. The number of rotatable bonds is 6. The number of carbonyl (C=O) groups excluding carboxylic acids is 2. The molecule has 0 atom stereocenters. The van der Waals surface area contributed by atoms with Crippen LogP contribution in [-0.4, -0.2) is 11.9 Å². The van der Waals surface area contributed by atoms with Gasteiger partial charge in [0.05, 0.1) is 0 Å². The first-order chi connectivity index (χ1) is 17.9. The van der Waals surface area contributed by atoms with Crippen molar-refractivity contribution in [1.82, 2.24) is 0 Å². The molecule has 4 heteroatoms. The molecule has 0 radical (unpaired) electrons. The van der Waals surface area contributed by atoms with Crippen LogP contribution in [0.4, 0.5) is 0 Å². The Morgan fingerprint density at radius 3 is 1.62 bits per heavy atom. The summed E-state index contributed by atoms with van der Waals surface area (Å²) < 4.78 is 12.0. The minimum atomic E-state index is -0.602. The summed E-state index contributed by atoms with van der Waals surface area (Å²) in [4.78, 5) is 25.9. The van der Waals surface area contributed by atoms with E-state index in [0.29, 0.717) is 12.0 Å². The third-order valence-electron chi connectivity index (χ3n) is 6.38. The summed E-state index contributed by atoms with van der Waals surface area (Å²) >= 11 is 0. The molecule has 0 saturated carbocycles. The molecule has 0 aliphatic heterocycles. The van der Waals surface area contributed by atoms with Gasteiger partial charge in [0.25, 0.3) is 0 Å². The van der Waals surface area contributed by atoms with Crippen molar-refractivity contribution in [3.8, 4) is 44.9 Å². The average Bonchev–Trinajstić information content (AvgIpc) is 3.29. The highest BCUT2D eigenvalue weighted by Gasteiger charge is 2.35. The molecule has 0 fully saturated rings. The Labute approximate surface area is 216 Å². The second kappa shape index (κ2) is 9.75. The summed E-state index contributed by atoms with van der Waals surface area (Å²) in [5.41, 5.74) is 7.67. The Balaban J connectivity index is 1.96. The maximum absolute atomic E-state index is 13.0. The number of fused-ring (bicyclic) bond motifs is 3. The van der Waals surface area contributed by atoms with Crippen LogP contribution >= 0.6 is 0 Å². The molecular weight excluding hydrogens is 460 g/mol. The fourth-order valence-electron chi connectivity index (χ4n) is 4.68. The third kappa shape index (κ3) is 4.38. The van der Waals surface area contributed by atoms with Gasteiger partial charge in [-0.05, 0) is 53.6 Å². The van der Waals surface area contributed by atoms with Gasteiger partial charge >= 0.3 is 11.9 Å². The quantitative estimate of drug-likeness (QED) is 0.141. The molecule has 1 aliphatic rings. The Kier molecular flexibility index (Phi) is 6.33. The standard InChI is InChI=1S/C33H26O4/c1-20(2)32(34)36-30-28(23-15-9-6-10-16-23)27(22-13-7-5-8-14-22)26-19-24-17-11-12-18-25(24)29(26)31(30)37-33(35)21(3)4/h5-18H,1,3,19H2,2,4H3. The van der Waals surface area contributed by atoms with Gasteiger partial charge in [-0.25, -0.2) is 9.59 Å². The first-order valence-corrected chi connectivity index (χ1v) is 12.0.